The monoisotopic (exact) mass is 236 g/mol. The predicted octanol–water partition coefficient (Wildman–Crippen LogP) is 3.94. The third kappa shape index (κ3) is 3.88. The summed E-state index contributed by atoms with van der Waals surface area (Å²) in [5.74, 6) is -0.277. The largest absolute Gasteiger partial charge is 0.573 e. The molecule has 0 bridgehead atoms. The average Bonchev–Trinajstić information content (AvgIpc) is 2.15. The number of hydrogen-bond donors (Lipinski definition) is 0. The molecule has 1 rings (SSSR count). The van der Waals surface area contributed by atoms with Crippen LogP contribution in [0.25, 0.3) is 0 Å². The molecule has 0 aliphatic carbocycles. The zero-order valence-electron chi connectivity index (χ0n) is 7.78. The van der Waals surface area contributed by atoms with E-state index in [1.165, 1.54) is 24.3 Å². The Kier molecular flexibility index (Phi) is 3.69. The quantitative estimate of drug-likeness (QED) is 0.743. The summed E-state index contributed by atoms with van der Waals surface area (Å²) < 4.78 is 49.6. The zero-order chi connectivity index (χ0) is 11.5. The molecule has 1 aromatic rings. The first-order valence-corrected chi connectivity index (χ1v) is 4.98. The van der Waals surface area contributed by atoms with E-state index < -0.39 is 6.36 Å². The molecule has 0 radical (unpaired) electrons. The molecule has 0 saturated carbocycles. The topological polar surface area (TPSA) is 26.3 Å². The lowest BCUT2D eigenvalue weighted by Gasteiger charge is -2.09. The average molecular weight is 236 g/mol. The van der Waals surface area contributed by atoms with Gasteiger partial charge in [0, 0.05) is 0 Å². The van der Waals surface area contributed by atoms with E-state index in [-0.39, 0.29) is 19.9 Å². The van der Waals surface area contributed by atoms with Crippen LogP contribution in [0.5, 0.6) is 5.75 Å². The molecule has 1 aromatic carbocycles. The van der Waals surface area contributed by atoms with Gasteiger partial charge in [0.2, 0.25) is 0 Å². The smallest absolute Gasteiger partial charge is 0.406 e. The Morgan fingerprint density at radius 2 is 1.80 bits per heavy atom. The lowest BCUT2D eigenvalue weighted by molar-refractivity contribution is -0.274. The predicted molar refractivity (Wildman–Crippen MR) is 49.1 cm³/mol. The summed E-state index contributed by atoms with van der Waals surface area (Å²) >= 11 is 0. The minimum absolute atomic E-state index is 0.0668. The van der Waals surface area contributed by atoms with Crippen molar-refractivity contribution in [1.29, 1.82) is 0 Å². The Morgan fingerprint density at radius 3 is 2.20 bits per heavy atom. The van der Waals surface area contributed by atoms with Crippen LogP contribution in [0.2, 0.25) is 0 Å². The van der Waals surface area contributed by atoms with Gasteiger partial charge >= 0.3 is 6.36 Å². The maximum Gasteiger partial charge on any atom is 0.573 e. The molecule has 0 amide bonds. The Labute approximate surface area is 86.3 Å². The number of rotatable bonds is 3. The van der Waals surface area contributed by atoms with Crippen LogP contribution in [0.3, 0.4) is 0 Å². The van der Waals surface area contributed by atoms with E-state index in [2.05, 4.69) is 4.74 Å². The SMILES string of the molecule is C[C@@H](P=O)c1ccc(OC(F)(F)F)cc1. The molecule has 0 saturated heterocycles. The molecule has 0 fully saturated rings. The van der Waals surface area contributed by atoms with Crippen molar-refractivity contribution in [1.82, 2.24) is 0 Å². The van der Waals surface area contributed by atoms with E-state index in [1.54, 1.807) is 6.92 Å². The number of ether oxygens (including phenoxy) is 1. The second-order valence-electron chi connectivity index (χ2n) is 2.90. The highest BCUT2D eigenvalue weighted by atomic mass is 31.1. The number of benzene rings is 1. The van der Waals surface area contributed by atoms with Crippen LogP contribution in [0, 0.1) is 0 Å². The summed E-state index contributed by atoms with van der Waals surface area (Å²) in [5, 5.41) is 0. The number of halogens is 3. The molecule has 0 aliphatic rings. The van der Waals surface area contributed by atoms with Gasteiger partial charge < -0.3 is 4.74 Å². The van der Waals surface area contributed by atoms with Crippen molar-refractivity contribution in [2.75, 3.05) is 0 Å². The minimum Gasteiger partial charge on any atom is -0.406 e. The third-order valence-electron chi connectivity index (χ3n) is 1.75. The summed E-state index contributed by atoms with van der Waals surface area (Å²) in [6.45, 7) is 1.70. The number of alkyl halides is 3. The lowest BCUT2D eigenvalue weighted by atomic mass is 10.1. The second-order valence-corrected chi connectivity index (χ2v) is 3.88. The van der Waals surface area contributed by atoms with Gasteiger partial charge in [0.25, 0.3) is 0 Å². The maximum absolute atomic E-state index is 11.8. The Balaban J connectivity index is 2.77. The Morgan fingerprint density at radius 1 is 1.27 bits per heavy atom. The van der Waals surface area contributed by atoms with Crippen molar-refractivity contribution >= 4 is 8.46 Å². The molecular weight excluding hydrogens is 228 g/mol. The molecule has 15 heavy (non-hydrogen) atoms. The van der Waals surface area contributed by atoms with Gasteiger partial charge in [-0.05, 0) is 24.6 Å². The zero-order valence-corrected chi connectivity index (χ0v) is 8.68. The van der Waals surface area contributed by atoms with Gasteiger partial charge in [-0.15, -0.1) is 13.2 Å². The molecule has 0 spiro atoms. The Bertz CT molecular complexity index is 334. The van der Waals surface area contributed by atoms with Gasteiger partial charge in [0.15, 0.2) is 8.46 Å². The first-order valence-electron chi connectivity index (χ1n) is 4.10. The summed E-state index contributed by atoms with van der Waals surface area (Å²) in [4.78, 5) is 0. The molecule has 82 valence electrons. The van der Waals surface area contributed by atoms with Crippen LogP contribution in [-0.2, 0) is 4.57 Å². The van der Waals surface area contributed by atoms with Crippen molar-refractivity contribution in [2.45, 2.75) is 18.9 Å². The molecule has 1 atom stereocenters. The lowest BCUT2D eigenvalue weighted by Crippen LogP contribution is -2.17. The van der Waals surface area contributed by atoms with E-state index >= 15 is 0 Å². The summed E-state index contributed by atoms with van der Waals surface area (Å²) in [6, 6.07) is 5.31. The fourth-order valence-corrected chi connectivity index (χ4v) is 1.30. The van der Waals surface area contributed by atoms with E-state index in [0.717, 1.165) is 0 Å². The van der Waals surface area contributed by atoms with Crippen molar-refractivity contribution in [3.05, 3.63) is 29.8 Å². The van der Waals surface area contributed by atoms with Crippen molar-refractivity contribution in [3.8, 4) is 5.75 Å². The first kappa shape index (κ1) is 12.0. The molecule has 6 heteroatoms. The van der Waals surface area contributed by atoms with Crippen molar-refractivity contribution in [2.24, 2.45) is 0 Å². The van der Waals surface area contributed by atoms with Gasteiger partial charge in [-0.2, -0.15) is 0 Å². The third-order valence-corrected chi connectivity index (χ3v) is 2.37. The minimum atomic E-state index is -4.68. The Hall–Kier alpha value is -1.09. The second kappa shape index (κ2) is 4.62. The van der Waals surface area contributed by atoms with Crippen LogP contribution in [0.1, 0.15) is 18.1 Å². The van der Waals surface area contributed by atoms with Gasteiger partial charge in [-0.1, -0.05) is 12.1 Å². The van der Waals surface area contributed by atoms with E-state index in [1.807, 2.05) is 0 Å². The van der Waals surface area contributed by atoms with Crippen molar-refractivity contribution < 1.29 is 22.5 Å². The molecule has 0 unspecified atom stereocenters. The standard InChI is InChI=1S/C9H8F3O2P/c1-6(15-13)7-2-4-8(5-3-7)14-9(10,11)12/h2-6H,1H3/t6-/m1/s1. The van der Waals surface area contributed by atoms with E-state index in [9.17, 15) is 17.7 Å². The molecule has 0 aliphatic heterocycles. The summed E-state index contributed by atoms with van der Waals surface area (Å²) in [6.07, 6.45) is -4.68. The highest BCUT2D eigenvalue weighted by Gasteiger charge is 2.30. The molecular formula is C9H8F3O2P. The van der Waals surface area contributed by atoms with Gasteiger partial charge in [-0.25, -0.2) is 0 Å². The first-order chi connectivity index (χ1) is 6.92. The normalized spacial score (nSPS) is 13.9. The summed E-state index contributed by atoms with van der Waals surface area (Å²) in [7, 11) is -0.0668. The fourth-order valence-electron chi connectivity index (χ4n) is 1.01. The van der Waals surface area contributed by atoms with E-state index in [4.69, 9.17) is 0 Å². The van der Waals surface area contributed by atoms with Gasteiger partial charge in [0.1, 0.15) is 5.75 Å². The highest BCUT2D eigenvalue weighted by molar-refractivity contribution is 7.24. The van der Waals surface area contributed by atoms with Crippen LogP contribution in [0.15, 0.2) is 24.3 Å². The summed E-state index contributed by atoms with van der Waals surface area (Å²) in [5.41, 5.74) is 0.464. The van der Waals surface area contributed by atoms with Crippen LogP contribution in [0.4, 0.5) is 13.2 Å². The molecule has 2 nitrogen and oxygen atoms in total. The highest BCUT2D eigenvalue weighted by Crippen LogP contribution is 2.29. The van der Waals surface area contributed by atoms with Crippen molar-refractivity contribution in [3.63, 3.8) is 0 Å². The molecule has 0 N–H and O–H groups in total. The van der Waals surface area contributed by atoms with Crippen LogP contribution < -0.4 is 4.74 Å². The fraction of sp³-hybridized carbons (Fsp3) is 0.333. The van der Waals surface area contributed by atoms with Crippen LogP contribution in [-0.4, -0.2) is 6.36 Å². The number of hydrogen-bond acceptors (Lipinski definition) is 2. The van der Waals surface area contributed by atoms with E-state index in [0.29, 0.717) is 5.56 Å². The maximum atomic E-state index is 11.8. The van der Waals surface area contributed by atoms with Gasteiger partial charge in [-0.3, -0.25) is 4.57 Å². The van der Waals surface area contributed by atoms with Gasteiger partial charge in [0.05, 0.1) is 5.66 Å². The molecule has 0 heterocycles. The van der Waals surface area contributed by atoms with Crippen LogP contribution >= 0.6 is 8.46 Å². The molecule has 0 aromatic heterocycles.